The molecule has 0 bridgehead atoms. The molecule has 20 heavy (non-hydrogen) atoms. The van der Waals surface area contributed by atoms with Crippen LogP contribution in [-0.4, -0.2) is 21.7 Å². The molecule has 0 amide bonds. The zero-order valence-electron chi connectivity index (χ0n) is 11.6. The summed E-state index contributed by atoms with van der Waals surface area (Å²) >= 11 is 0. The predicted molar refractivity (Wildman–Crippen MR) is 77.6 cm³/mol. The van der Waals surface area contributed by atoms with Gasteiger partial charge in [-0.15, -0.1) is 0 Å². The van der Waals surface area contributed by atoms with E-state index in [1.165, 1.54) is 36.8 Å². The Balaban J connectivity index is 1.65. The maximum atomic E-state index is 4.79. The van der Waals surface area contributed by atoms with Gasteiger partial charge in [0.05, 0.1) is 6.04 Å². The first-order valence-corrected chi connectivity index (χ1v) is 7.65. The van der Waals surface area contributed by atoms with Crippen LogP contribution in [0.3, 0.4) is 0 Å². The van der Waals surface area contributed by atoms with Gasteiger partial charge in [0.1, 0.15) is 5.82 Å². The molecule has 0 spiro atoms. The van der Waals surface area contributed by atoms with Crippen LogP contribution in [0, 0.1) is 0 Å². The standard InChI is InChI=1S/C16H20N4/c1-2-7-12(6-1)15-18-16(20-19-15)14-13-8-4-3-5-11(13)9-10-17-14/h3-5,8,12,14,17H,1-2,6-7,9-10H2,(H,18,19,20). The van der Waals surface area contributed by atoms with Gasteiger partial charge in [0.15, 0.2) is 5.82 Å². The second kappa shape index (κ2) is 5.02. The molecule has 1 unspecified atom stereocenters. The van der Waals surface area contributed by atoms with Gasteiger partial charge in [-0.2, -0.15) is 5.10 Å². The van der Waals surface area contributed by atoms with Crippen molar-refractivity contribution in [2.45, 2.75) is 44.1 Å². The van der Waals surface area contributed by atoms with Crippen LogP contribution >= 0.6 is 0 Å². The molecule has 2 heterocycles. The van der Waals surface area contributed by atoms with Crippen molar-refractivity contribution in [1.82, 2.24) is 20.5 Å². The summed E-state index contributed by atoms with van der Waals surface area (Å²) in [7, 11) is 0. The second-order valence-electron chi connectivity index (χ2n) is 5.90. The summed E-state index contributed by atoms with van der Waals surface area (Å²) in [5, 5.41) is 11.2. The summed E-state index contributed by atoms with van der Waals surface area (Å²) in [5.41, 5.74) is 2.77. The molecule has 104 valence electrons. The third-order valence-electron chi connectivity index (χ3n) is 4.62. The van der Waals surface area contributed by atoms with E-state index in [1.807, 2.05) is 0 Å². The van der Waals surface area contributed by atoms with Crippen molar-refractivity contribution in [1.29, 1.82) is 0 Å². The summed E-state index contributed by atoms with van der Waals surface area (Å²) in [5.74, 6) is 2.56. The maximum Gasteiger partial charge on any atom is 0.153 e. The fourth-order valence-electron chi connectivity index (χ4n) is 3.53. The molecule has 4 rings (SSSR count). The highest BCUT2D eigenvalue weighted by Gasteiger charge is 2.26. The van der Waals surface area contributed by atoms with Crippen LogP contribution in [0.4, 0.5) is 0 Å². The van der Waals surface area contributed by atoms with E-state index < -0.39 is 0 Å². The summed E-state index contributed by atoms with van der Waals surface area (Å²) < 4.78 is 0. The average Bonchev–Trinajstić information content (AvgIpc) is 3.17. The van der Waals surface area contributed by atoms with Gasteiger partial charge < -0.3 is 5.32 Å². The third-order valence-corrected chi connectivity index (χ3v) is 4.62. The molecule has 1 aliphatic carbocycles. The molecule has 2 aliphatic rings. The molecule has 2 N–H and O–H groups in total. The number of fused-ring (bicyclic) bond motifs is 1. The van der Waals surface area contributed by atoms with Crippen LogP contribution in [0.5, 0.6) is 0 Å². The molecule has 4 heteroatoms. The zero-order valence-corrected chi connectivity index (χ0v) is 11.6. The van der Waals surface area contributed by atoms with Crippen LogP contribution in [0.15, 0.2) is 24.3 Å². The molecule has 1 aromatic carbocycles. The Kier molecular flexibility index (Phi) is 3.03. The van der Waals surface area contributed by atoms with Crippen molar-refractivity contribution < 1.29 is 0 Å². The molecular formula is C16H20N4. The predicted octanol–water partition coefficient (Wildman–Crippen LogP) is 2.70. The van der Waals surface area contributed by atoms with Gasteiger partial charge in [-0.25, -0.2) is 4.98 Å². The zero-order chi connectivity index (χ0) is 13.4. The summed E-state index contributed by atoms with van der Waals surface area (Å²) in [6, 6.07) is 8.81. The van der Waals surface area contributed by atoms with Crippen molar-refractivity contribution in [2.75, 3.05) is 6.54 Å². The lowest BCUT2D eigenvalue weighted by atomic mass is 9.94. The van der Waals surface area contributed by atoms with Crippen molar-refractivity contribution >= 4 is 0 Å². The van der Waals surface area contributed by atoms with Gasteiger partial charge in [0.2, 0.25) is 0 Å². The van der Waals surface area contributed by atoms with E-state index in [-0.39, 0.29) is 6.04 Å². The fraction of sp³-hybridized carbons (Fsp3) is 0.500. The molecule has 1 atom stereocenters. The average molecular weight is 268 g/mol. The monoisotopic (exact) mass is 268 g/mol. The molecule has 4 nitrogen and oxygen atoms in total. The fourth-order valence-corrected chi connectivity index (χ4v) is 3.53. The van der Waals surface area contributed by atoms with E-state index >= 15 is 0 Å². The van der Waals surface area contributed by atoms with Crippen molar-refractivity contribution in [3.63, 3.8) is 0 Å². The van der Waals surface area contributed by atoms with Gasteiger partial charge in [-0.1, -0.05) is 37.1 Å². The van der Waals surface area contributed by atoms with E-state index in [0.717, 1.165) is 24.6 Å². The molecule has 0 radical (unpaired) electrons. The number of hydrogen-bond donors (Lipinski definition) is 2. The highest BCUT2D eigenvalue weighted by molar-refractivity contribution is 5.35. The smallest absolute Gasteiger partial charge is 0.153 e. The number of aromatic nitrogens is 3. The second-order valence-corrected chi connectivity index (χ2v) is 5.90. The quantitative estimate of drug-likeness (QED) is 0.880. The first-order valence-electron chi connectivity index (χ1n) is 7.65. The minimum absolute atomic E-state index is 0.169. The van der Waals surface area contributed by atoms with Gasteiger partial charge in [-0.05, 0) is 30.4 Å². The van der Waals surface area contributed by atoms with Crippen LogP contribution in [0.25, 0.3) is 0 Å². The molecule has 1 fully saturated rings. The number of aromatic amines is 1. The lowest BCUT2D eigenvalue weighted by molar-refractivity contribution is 0.544. The SMILES string of the molecule is c1ccc2c(c1)CCNC2c1nc(C2CCCC2)n[nH]1. The minimum atomic E-state index is 0.169. The number of nitrogens with one attached hydrogen (secondary N) is 2. The summed E-state index contributed by atoms with van der Waals surface area (Å²) in [6.07, 6.45) is 6.21. The van der Waals surface area contributed by atoms with Gasteiger partial charge >= 0.3 is 0 Å². The summed E-state index contributed by atoms with van der Waals surface area (Å²) in [4.78, 5) is 4.79. The topological polar surface area (TPSA) is 53.6 Å². The number of H-pyrrole nitrogens is 1. The largest absolute Gasteiger partial charge is 0.303 e. The Morgan fingerprint density at radius 2 is 1.95 bits per heavy atom. The highest BCUT2D eigenvalue weighted by atomic mass is 15.2. The van der Waals surface area contributed by atoms with Crippen molar-refractivity contribution in [3.05, 3.63) is 47.0 Å². The van der Waals surface area contributed by atoms with E-state index in [0.29, 0.717) is 5.92 Å². The first kappa shape index (κ1) is 12.1. The molecule has 2 aromatic rings. The Bertz CT molecular complexity index is 598. The van der Waals surface area contributed by atoms with E-state index in [1.54, 1.807) is 0 Å². The Morgan fingerprint density at radius 1 is 1.10 bits per heavy atom. The van der Waals surface area contributed by atoms with Crippen molar-refractivity contribution in [3.8, 4) is 0 Å². The van der Waals surface area contributed by atoms with Crippen LogP contribution < -0.4 is 5.32 Å². The van der Waals surface area contributed by atoms with E-state index in [9.17, 15) is 0 Å². The van der Waals surface area contributed by atoms with Gasteiger partial charge in [0.25, 0.3) is 0 Å². The van der Waals surface area contributed by atoms with E-state index in [4.69, 9.17) is 4.98 Å². The lowest BCUT2D eigenvalue weighted by Crippen LogP contribution is -2.31. The molecule has 0 saturated heterocycles. The molecular weight excluding hydrogens is 248 g/mol. The highest BCUT2D eigenvalue weighted by Crippen LogP contribution is 2.33. The Labute approximate surface area is 119 Å². The van der Waals surface area contributed by atoms with Crippen LogP contribution in [-0.2, 0) is 6.42 Å². The lowest BCUT2D eigenvalue weighted by Gasteiger charge is -2.25. The third kappa shape index (κ3) is 2.04. The summed E-state index contributed by atoms with van der Waals surface area (Å²) in [6.45, 7) is 1.00. The number of benzene rings is 1. The number of rotatable bonds is 2. The molecule has 1 aromatic heterocycles. The Morgan fingerprint density at radius 3 is 2.85 bits per heavy atom. The molecule has 1 aliphatic heterocycles. The first-order chi connectivity index (χ1) is 9.92. The number of hydrogen-bond acceptors (Lipinski definition) is 3. The number of nitrogens with zero attached hydrogens (tertiary/aromatic N) is 2. The van der Waals surface area contributed by atoms with Crippen LogP contribution in [0.1, 0.15) is 60.4 Å². The maximum absolute atomic E-state index is 4.79. The van der Waals surface area contributed by atoms with Gasteiger partial charge in [-0.3, -0.25) is 5.10 Å². The minimum Gasteiger partial charge on any atom is -0.303 e. The van der Waals surface area contributed by atoms with E-state index in [2.05, 4.69) is 39.8 Å². The normalized spacial score (nSPS) is 22.9. The van der Waals surface area contributed by atoms with Crippen molar-refractivity contribution in [2.24, 2.45) is 0 Å². The van der Waals surface area contributed by atoms with Crippen LogP contribution in [0.2, 0.25) is 0 Å². The Hall–Kier alpha value is -1.68. The van der Waals surface area contributed by atoms with Gasteiger partial charge in [0, 0.05) is 12.5 Å². The molecule has 1 saturated carbocycles.